The van der Waals surface area contributed by atoms with Crippen molar-refractivity contribution in [3.05, 3.63) is 24.5 Å². The Kier molecular flexibility index (Phi) is 4.80. The first kappa shape index (κ1) is 14.6. The predicted molar refractivity (Wildman–Crippen MR) is 65.4 cm³/mol. The third-order valence-corrected chi connectivity index (χ3v) is 4.13. The molecule has 100 valence electrons. The summed E-state index contributed by atoms with van der Waals surface area (Å²) in [5.74, 6) is -1.48. The number of rotatable bonds is 6. The zero-order valence-corrected chi connectivity index (χ0v) is 11.0. The van der Waals surface area contributed by atoms with Crippen molar-refractivity contribution in [2.24, 2.45) is 5.92 Å². The summed E-state index contributed by atoms with van der Waals surface area (Å²) in [5, 5.41) is 9.04. The number of nitrogens with one attached hydrogen (secondary N) is 1. The molecule has 7 heteroatoms. The zero-order chi connectivity index (χ0) is 13.8. The van der Waals surface area contributed by atoms with Crippen molar-refractivity contribution in [1.29, 1.82) is 0 Å². The second-order valence-electron chi connectivity index (χ2n) is 4.01. The van der Waals surface area contributed by atoms with Crippen LogP contribution in [0.1, 0.15) is 20.3 Å². The summed E-state index contributed by atoms with van der Waals surface area (Å²) in [6.45, 7) is 3.49. The molecule has 1 aromatic rings. The van der Waals surface area contributed by atoms with Crippen molar-refractivity contribution in [3.8, 4) is 0 Å². The number of carboxylic acid groups (broad SMARTS) is 1. The second kappa shape index (κ2) is 5.92. The first-order valence-electron chi connectivity index (χ1n) is 5.53. The number of carbonyl (C=O) groups is 1. The van der Waals surface area contributed by atoms with Crippen molar-refractivity contribution in [1.82, 2.24) is 9.71 Å². The third kappa shape index (κ3) is 3.51. The summed E-state index contributed by atoms with van der Waals surface area (Å²) in [6, 6.07) is 1.71. The van der Waals surface area contributed by atoms with E-state index in [-0.39, 0.29) is 10.8 Å². The molecule has 0 bridgehead atoms. The van der Waals surface area contributed by atoms with Crippen LogP contribution < -0.4 is 4.72 Å². The summed E-state index contributed by atoms with van der Waals surface area (Å²) in [5.41, 5.74) is 0. The average molecular weight is 272 g/mol. The van der Waals surface area contributed by atoms with Crippen LogP contribution in [-0.4, -0.2) is 30.5 Å². The van der Waals surface area contributed by atoms with Gasteiger partial charge >= 0.3 is 5.97 Å². The van der Waals surface area contributed by atoms with Crippen LogP contribution in [0.15, 0.2) is 29.4 Å². The minimum atomic E-state index is -3.85. The molecule has 1 heterocycles. The molecule has 0 spiro atoms. The highest BCUT2D eigenvalue weighted by Gasteiger charge is 2.29. The zero-order valence-electron chi connectivity index (χ0n) is 10.2. The number of carboxylic acids is 1. The Labute approximate surface area is 106 Å². The quantitative estimate of drug-likeness (QED) is 0.800. The average Bonchev–Trinajstić information content (AvgIpc) is 2.36. The smallest absolute Gasteiger partial charge is 0.322 e. The van der Waals surface area contributed by atoms with Crippen LogP contribution in [0.3, 0.4) is 0 Å². The summed E-state index contributed by atoms with van der Waals surface area (Å²) in [4.78, 5) is 14.7. The van der Waals surface area contributed by atoms with Crippen molar-refractivity contribution in [3.63, 3.8) is 0 Å². The molecule has 0 radical (unpaired) electrons. The number of aliphatic carboxylic acids is 1. The topological polar surface area (TPSA) is 96.4 Å². The SMILES string of the molecule is CC[C@H](C)[C@H](NS(=O)(=O)c1cccnc1)C(=O)O. The first-order valence-corrected chi connectivity index (χ1v) is 7.02. The number of hydrogen-bond acceptors (Lipinski definition) is 4. The molecule has 0 aliphatic rings. The fourth-order valence-corrected chi connectivity index (χ4v) is 2.65. The number of hydrogen-bond donors (Lipinski definition) is 2. The molecule has 0 unspecified atom stereocenters. The molecule has 18 heavy (non-hydrogen) atoms. The van der Waals surface area contributed by atoms with Gasteiger partial charge in [-0.2, -0.15) is 4.72 Å². The lowest BCUT2D eigenvalue weighted by Crippen LogP contribution is -2.44. The number of aromatic nitrogens is 1. The number of pyridine rings is 1. The highest BCUT2D eigenvalue weighted by molar-refractivity contribution is 7.89. The van der Waals surface area contributed by atoms with Gasteiger partial charge in [-0.3, -0.25) is 9.78 Å². The predicted octanol–water partition coefficient (Wildman–Crippen LogP) is 0.859. The molecule has 0 saturated carbocycles. The van der Waals surface area contributed by atoms with E-state index in [1.165, 1.54) is 24.5 Å². The van der Waals surface area contributed by atoms with E-state index < -0.39 is 22.0 Å². The number of nitrogens with zero attached hydrogens (tertiary/aromatic N) is 1. The lowest BCUT2D eigenvalue weighted by atomic mass is 10.0. The Hall–Kier alpha value is -1.47. The van der Waals surface area contributed by atoms with Gasteiger partial charge < -0.3 is 5.11 Å². The molecule has 1 rings (SSSR count). The maximum Gasteiger partial charge on any atom is 0.322 e. The Morgan fingerprint density at radius 3 is 2.67 bits per heavy atom. The lowest BCUT2D eigenvalue weighted by Gasteiger charge is -2.19. The van der Waals surface area contributed by atoms with Crippen molar-refractivity contribution in [2.45, 2.75) is 31.2 Å². The highest BCUT2D eigenvalue weighted by Crippen LogP contribution is 2.13. The summed E-state index contributed by atoms with van der Waals surface area (Å²) in [6.07, 6.45) is 3.19. The minimum Gasteiger partial charge on any atom is -0.480 e. The molecular formula is C11H16N2O4S. The Bertz CT molecular complexity index is 501. The van der Waals surface area contributed by atoms with Crippen LogP contribution in [0, 0.1) is 5.92 Å². The molecule has 6 nitrogen and oxygen atoms in total. The molecule has 0 saturated heterocycles. The van der Waals surface area contributed by atoms with E-state index in [0.29, 0.717) is 6.42 Å². The molecular weight excluding hydrogens is 256 g/mol. The van der Waals surface area contributed by atoms with Crippen LogP contribution in [0.4, 0.5) is 0 Å². The maximum atomic E-state index is 12.0. The third-order valence-electron chi connectivity index (χ3n) is 2.71. The fraction of sp³-hybridized carbons (Fsp3) is 0.455. The molecule has 1 aromatic heterocycles. The van der Waals surface area contributed by atoms with Gasteiger partial charge in [-0.05, 0) is 18.1 Å². The van der Waals surface area contributed by atoms with E-state index in [1.807, 2.05) is 0 Å². The number of sulfonamides is 1. The van der Waals surface area contributed by atoms with Gasteiger partial charge in [-0.1, -0.05) is 20.3 Å². The summed E-state index contributed by atoms with van der Waals surface area (Å²) in [7, 11) is -3.85. The molecule has 0 amide bonds. The summed E-state index contributed by atoms with van der Waals surface area (Å²) < 4.78 is 26.1. The molecule has 0 aliphatic heterocycles. The molecule has 0 fully saturated rings. The Morgan fingerprint density at radius 2 is 2.22 bits per heavy atom. The van der Waals surface area contributed by atoms with Crippen LogP contribution >= 0.6 is 0 Å². The molecule has 2 atom stereocenters. The van der Waals surface area contributed by atoms with Gasteiger partial charge in [0.1, 0.15) is 10.9 Å². The van der Waals surface area contributed by atoms with Crippen molar-refractivity contribution >= 4 is 16.0 Å². The second-order valence-corrected chi connectivity index (χ2v) is 5.73. The van der Waals surface area contributed by atoms with Crippen LogP contribution in [-0.2, 0) is 14.8 Å². The van der Waals surface area contributed by atoms with Gasteiger partial charge in [0.25, 0.3) is 0 Å². The van der Waals surface area contributed by atoms with Gasteiger partial charge in [0.15, 0.2) is 0 Å². The van der Waals surface area contributed by atoms with E-state index in [0.717, 1.165) is 0 Å². The highest BCUT2D eigenvalue weighted by atomic mass is 32.2. The minimum absolute atomic E-state index is 0.0421. The van der Waals surface area contributed by atoms with Gasteiger partial charge in [0.2, 0.25) is 10.0 Å². The first-order chi connectivity index (χ1) is 8.38. The molecule has 0 aromatic carbocycles. The summed E-state index contributed by atoms with van der Waals surface area (Å²) >= 11 is 0. The maximum absolute atomic E-state index is 12.0. The van der Waals surface area contributed by atoms with Crippen molar-refractivity contribution < 1.29 is 18.3 Å². The lowest BCUT2D eigenvalue weighted by molar-refractivity contribution is -0.140. The molecule has 2 N–H and O–H groups in total. The van der Waals surface area contributed by atoms with E-state index in [1.54, 1.807) is 13.8 Å². The van der Waals surface area contributed by atoms with Gasteiger partial charge in [0.05, 0.1) is 0 Å². The monoisotopic (exact) mass is 272 g/mol. The normalized spacial score (nSPS) is 15.0. The van der Waals surface area contributed by atoms with Gasteiger partial charge in [-0.15, -0.1) is 0 Å². The molecule has 0 aliphatic carbocycles. The van der Waals surface area contributed by atoms with E-state index in [9.17, 15) is 13.2 Å². The van der Waals surface area contributed by atoms with Gasteiger partial charge in [0, 0.05) is 12.4 Å². The van der Waals surface area contributed by atoms with E-state index in [4.69, 9.17) is 5.11 Å². The Balaban J connectivity index is 2.97. The largest absolute Gasteiger partial charge is 0.480 e. The fourth-order valence-electron chi connectivity index (χ4n) is 1.39. The van der Waals surface area contributed by atoms with Crippen LogP contribution in [0.5, 0.6) is 0 Å². The van der Waals surface area contributed by atoms with Crippen LogP contribution in [0.25, 0.3) is 0 Å². The standard InChI is InChI=1S/C11H16N2O4S/c1-3-8(2)10(11(14)15)13-18(16,17)9-5-4-6-12-7-9/h4-8,10,13H,3H2,1-2H3,(H,14,15)/t8-,10-/m0/s1. The van der Waals surface area contributed by atoms with Crippen molar-refractivity contribution in [2.75, 3.05) is 0 Å². The van der Waals surface area contributed by atoms with Crippen LogP contribution in [0.2, 0.25) is 0 Å². The Morgan fingerprint density at radius 1 is 1.56 bits per heavy atom. The van der Waals surface area contributed by atoms with Gasteiger partial charge in [-0.25, -0.2) is 8.42 Å². The van der Waals surface area contributed by atoms with E-state index >= 15 is 0 Å². The van der Waals surface area contributed by atoms with E-state index in [2.05, 4.69) is 9.71 Å².